The Morgan fingerprint density at radius 3 is 2.36 bits per heavy atom. The number of hydrogen-bond donors (Lipinski definition) is 3. The Hall–Kier alpha value is -3.06. The first-order valence-electron chi connectivity index (χ1n) is 7.34. The van der Waals surface area contributed by atoms with Gasteiger partial charge in [0.25, 0.3) is 0 Å². The smallest absolute Gasteiger partial charge is 0.243 e. The zero-order chi connectivity index (χ0) is 17.8. The predicted molar refractivity (Wildman–Crippen MR) is 101 cm³/mol. The summed E-state index contributed by atoms with van der Waals surface area (Å²) in [5.74, 6) is -0.410. The van der Waals surface area contributed by atoms with Crippen molar-refractivity contribution in [1.29, 1.82) is 10.8 Å². The normalized spacial score (nSPS) is 10.3. The Morgan fingerprint density at radius 1 is 0.960 bits per heavy atom. The summed E-state index contributed by atoms with van der Waals surface area (Å²) in [5.41, 5.74) is 7.87. The molecule has 2 aromatic carbocycles. The number of nitrogens with zero attached hydrogens (tertiary/aromatic N) is 2. The summed E-state index contributed by atoms with van der Waals surface area (Å²) in [5, 5.41) is 16.1. The minimum absolute atomic E-state index is 0.0710. The summed E-state index contributed by atoms with van der Waals surface area (Å²) in [6.07, 6.45) is 1.54. The van der Waals surface area contributed by atoms with Crippen molar-refractivity contribution in [2.24, 2.45) is 0 Å². The molecule has 0 saturated heterocycles. The second-order valence-corrected chi connectivity index (χ2v) is 5.95. The van der Waals surface area contributed by atoms with Crippen LogP contribution in [0.2, 0.25) is 0 Å². The van der Waals surface area contributed by atoms with Gasteiger partial charge in [-0.15, -0.1) is 0 Å². The lowest BCUT2D eigenvalue weighted by Gasteiger charge is -2.11. The molecule has 0 aliphatic rings. The van der Waals surface area contributed by atoms with Crippen molar-refractivity contribution in [1.82, 2.24) is 9.97 Å². The molecule has 0 fully saturated rings. The molecule has 0 radical (unpaired) electrons. The molecule has 0 aliphatic carbocycles. The summed E-state index contributed by atoms with van der Waals surface area (Å²) >= 11 is 3.47. The largest absolute Gasteiger partial charge is 0.419 e. The number of benzene rings is 2. The average Bonchev–Trinajstić information content (AvgIpc) is 2.63. The van der Waals surface area contributed by atoms with Crippen molar-refractivity contribution < 1.29 is 4.74 Å². The van der Waals surface area contributed by atoms with Crippen molar-refractivity contribution in [2.45, 2.75) is 0 Å². The Labute approximate surface area is 152 Å². The highest BCUT2D eigenvalue weighted by atomic mass is 79.9. The van der Waals surface area contributed by atoms with Gasteiger partial charge in [0.2, 0.25) is 11.8 Å². The van der Waals surface area contributed by atoms with Crippen LogP contribution < -0.4 is 5.73 Å². The maximum atomic E-state index is 8.11. The van der Waals surface area contributed by atoms with Gasteiger partial charge in [0, 0.05) is 15.6 Å². The topological polar surface area (TPSA) is 109 Å². The van der Waals surface area contributed by atoms with E-state index in [4.69, 9.17) is 21.3 Å². The number of rotatable bonds is 3. The van der Waals surface area contributed by atoms with Gasteiger partial charge < -0.3 is 10.5 Å². The molecule has 0 atom stereocenters. The van der Waals surface area contributed by atoms with Gasteiger partial charge in [0.05, 0.1) is 11.9 Å². The maximum Gasteiger partial charge on any atom is 0.243 e. The standard InChI is InChI=1S/C18H14BrN5O/c19-13-9-5-4-8-12(13)14-10-23-16(20)15(24-14)18(22)25-17(21)11-6-2-1-3-7-11/h1-10,21-22H,(H2,20,23). The van der Waals surface area contributed by atoms with Crippen LogP contribution in [0.15, 0.2) is 65.3 Å². The fourth-order valence-electron chi connectivity index (χ4n) is 2.16. The highest BCUT2D eigenvalue weighted by molar-refractivity contribution is 9.10. The summed E-state index contributed by atoms with van der Waals surface area (Å²) in [6, 6.07) is 16.4. The number of aromatic nitrogens is 2. The van der Waals surface area contributed by atoms with E-state index in [1.165, 1.54) is 6.20 Å². The minimum atomic E-state index is -0.326. The minimum Gasteiger partial charge on any atom is -0.419 e. The zero-order valence-corrected chi connectivity index (χ0v) is 14.6. The Balaban J connectivity index is 1.89. The molecule has 0 amide bonds. The predicted octanol–water partition coefficient (Wildman–Crippen LogP) is 3.86. The van der Waals surface area contributed by atoms with Crippen molar-refractivity contribution in [3.63, 3.8) is 0 Å². The highest BCUT2D eigenvalue weighted by Crippen LogP contribution is 2.27. The first kappa shape index (κ1) is 16.8. The van der Waals surface area contributed by atoms with E-state index in [1.54, 1.807) is 24.3 Å². The van der Waals surface area contributed by atoms with Crippen molar-refractivity contribution in [2.75, 3.05) is 5.73 Å². The molecule has 3 rings (SSSR count). The van der Waals surface area contributed by atoms with Crippen LogP contribution in [0.3, 0.4) is 0 Å². The van der Waals surface area contributed by atoms with Crippen LogP contribution in [-0.2, 0) is 4.74 Å². The molecule has 1 heterocycles. The zero-order valence-electron chi connectivity index (χ0n) is 13.0. The Morgan fingerprint density at radius 2 is 1.64 bits per heavy atom. The van der Waals surface area contributed by atoms with Gasteiger partial charge in [-0.2, -0.15) is 0 Å². The quantitative estimate of drug-likeness (QED) is 0.461. The van der Waals surface area contributed by atoms with Gasteiger partial charge in [-0.1, -0.05) is 52.3 Å². The van der Waals surface area contributed by atoms with Gasteiger partial charge in [-0.25, -0.2) is 9.97 Å². The van der Waals surface area contributed by atoms with E-state index in [0.717, 1.165) is 10.0 Å². The lowest BCUT2D eigenvalue weighted by atomic mass is 10.1. The summed E-state index contributed by atoms with van der Waals surface area (Å²) in [7, 11) is 0. The SMILES string of the molecule is N=C(OC(=N)c1nc(-c2ccccc2Br)cnc1N)c1ccccc1. The molecule has 1 aromatic heterocycles. The summed E-state index contributed by atoms with van der Waals surface area (Å²) in [4.78, 5) is 8.49. The molecule has 0 saturated carbocycles. The van der Waals surface area contributed by atoms with E-state index in [-0.39, 0.29) is 23.3 Å². The fourth-order valence-corrected chi connectivity index (χ4v) is 2.65. The second kappa shape index (κ2) is 7.23. The number of nitrogens with two attached hydrogens (primary N) is 1. The van der Waals surface area contributed by atoms with E-state index in [2.05, 4.69) is 25.9 Å². The van der Waals surface area contributed by atoms with E-state index >= 15 is 0 Å². The number of nitrogen functional groups attached to an aromatic ring is 1. The van der Waals surface area contributed by atoms with Crippen molar-refractivity contribution >= 4 is 33.5 Å². The van der Waals surface area contributed by atoms with Gasteiger partial charge in [0.1, 0.15) is 0 Å². The van der Waals surface area contributed by atoms with Crippen LogP contribution in [0.25, 0.3) is 11.3 Å². The van der Waals surface area contributed by atoms with Crippen LogP contribution in [0.5, 0.6) is 0 Å². The van der Waals surface area contributed by atoms with Crippen molar-refractivity contribution in [3.8, 4) is 11.3 Å². The van der Waals surface area contributed by atoms with Crippen LogP contribution in [0.1, 0.15) is 11.3 Å². The molecule has 7 heteroatoms. The highest BCUT2D eigenvalue weighted by Gasteiger charge is 2.16. The molecule has 0 unspecified atom stereocenters. The molecule has 124 valence electrons. The second-order valence-electron chi connectivity index (χ2n) is 5.10. The van der Waals surface area contributed by atoms with E-state index in [9.17, 15) is 0 Å². The lowest BCUT2D eigenvalue weighted by molar-refractivity contribution is 0.536. The lowest BCUT2D eigenvalue weighted by Crippen LogP contribution is -2.17. The fraction of sp³-hybridized carbons (Fsp3) is 0. The van der Waals surface area contributed by atoms with Gasteiger partial charge in [-0.05, 0) is 18.2 Å². The first-order valence-corrected chi connectivity index (χ1v) is 8.13. The summed E-state index contributed by atoms with van der Waals surface area (Å²) < 4.78 is 6.15. The third kappa shape index (κ3) is 3.72. The van der Waals surface area contributed by atoms with Gasteiger partial charge >= 0.3 is 0 Å². The number of anilines is 1. The summed E-state index contributed by atoms with van der Waals surface area (Å²) in [6.45, 7) is 0. The maximum absolute atomic E-state index is 8.11. The number of ether oxygens (including phenoxy) is 1. The third-order valence-electron chi connectivity index (χ3n) is 3.41. The first-order chi connectivity index (χ1) is 12.1. The van der Waals surface area contributed by atoms with Crippen LogP contribution in [0.4, 0.5) is 5.82 Å². The van der Waals surface area contributed by atoms with Crippen LogP contribution in [0, 0.1) is 10.8 Å². The molecule has 25 heavy (non-hydrogen) atoms. The molecular weight excluding hydrogens is 382 g/mol. The monoisotopic (exact) mass is 395 g/mol. The van der Waals surface area contributed by atoms with Gasteiger partial charge in [-0.3, -0.25) is 10.8 Å². The molecule has 6 nitrogen and oxygen atoms in total. The number of hydrogen-bond acceptors (Lipinski definition) is 6. The molecule has 3 aromatic rings. The van der Waals surface area contributed by atoms with E-state index < -0.39 is 0 Å². The molecule has 0 spiro atoms. The molecule has 0 bridgehead atoms. The molecule has 0 aliphatic heterocycles. The Kier molecular flexibility index (Phi) is 4.85. The van der Waals surface area contributed by atoms with Crippen LogP contribution >= 0.6 is 15.9 Å². The third-order valence-corrected chi connectivity index (χ3v) is 4.10. The average molecular weight is 396 g/mol. The van der Waals surface area contributed by atoms with E-state index in [1.807, 2.05) is 30.3 Å². The number of nitrogens with one attached hydrogen (secondary N) is 2. The molecule has 4 N–H and O–H groups in total. The van der Waals surface area contributed by atoms with Crippen LogP contribution in [-0.4, -0.2) is 21.8 Å². The number of halogens is 1. The van der Waals surface area contributed by atoms with E-state index in [0.29, 0.717) is 11.3 Å². The van der Waals surface area contributed by atoms with Gasteiger partial charge in [0.15, 0.2) is 11.5 Å². The molecular formula is C18H14BrN5O. The Bertz CT molecular complexity index is 943. The van der Waals surface area contributed by atoms with Crippen molar-refractivity contribution in [3.05, 3.63) is 76.5 Å².